The predicted octanol–water partition coefficient (Wildman–Crippen LogP) is 1.16. The van der Waals surface area contributed by atoms with Gasteiger partial charge in [0.05, 0.1) is 16.9 Å². The van der Waals surface area contributed by atoms with E-state index in [-0.39, 0.29) is 34.6 Å². The summed E-state index contributed by atoms with van der Waals surface area (Å²) in [7, 11) is -2.84. The first-order chi connectivity index (χ1) is 7.93. The van der Waals surface area contributed by atoms with Gasteiger partial charge in [0.2, 0.25) is 0 Å². The molecule has 0 aromatic carbocycles. The van der Waals surface area contributed by atoms with Gasteiger partial charge in [0.1, 0.15) is 6.61 Å². The molecule has 4 nitrogen and oxygen atoms in total. The summed E-state index contributed by atoms with van der Waals surface area (Å²) in [4.78, 5) is 0. The van der Waals surface area contributed by atoms with Crippen LogP contribution in [0.25, 0.3) is 0 Å². The lowest BCUT2D eigenvalue weighted by Crippen LogP contribution is -2.31. The van der Waals surface area contributed by atoms with Crippen LogP contribution in [0.5, 0.6) is 0 Å². The maximum atomic E-state index is 11.2. The quantitative estimate of drug-likeness (QED) is 0.608. The third-order valence-corrected chi connectivity index (χ3v) is 5.33. The summed E-state index contributed by atoms with van der Waals surface area (Å²) in [5.41, 5.74) is 0. The van der Waals surface area contributed by atoms with Crippen LogP contribution in [0.1, 0.15) is 6.42 Å². The van der Waals surface area contributed by atoms with Gasteiger partial charge in [0, 0.05) is 12.4 Å². The van der Waals surface area contributed by atoms with Crippen LogP contribution in [-0.4, -0.2) is 49.5 Å². The fraction of sp³-hybridized carbons (Fsp3) is 0.889. The molecular weight excluding hydrogens is 305 g/mol. The second kappa shape index (κ2) is 6.97. The van der Waals surface area contributed by atoms with Gasteiger partial charge in [-0.2, -0.15) is 0 Å². The first-order valence-electron chi connectivity index (χ1n) is 5.24. The molecule has 1 saturated heterocycles. The van der Waals surface area contributed by atoms with Gasteiger partial charge in [-0.25, -0.2) is 8.42 Å². The van der Waals surface area contributed by atoms with Crippen LogP contribution in [0.3, 0.4) is 0 Å². The van der Waals surface area contributed by atoms with Crippen LogP contribution in [0.2, 0.25) is 0 Å². The molecule has 1 fully saturated rings. The third-order valence-electron chi connectivity index (χ3n) is 2.42. The molecule has 0 aromatic rings. The Balaban J connectivity index is 2.16. The molecule has 0 bridgehead atoms. The van der Waals surface area contributed by atoms with Crippen LogP contribution in [0.15, 0.2) is 0 Å². The van der Waals surface area contributed by atoms with Crippen LogP contribution in [0.4, 0.5) is 0 Å². The molecule has 1 aliphatic rings. The fourth-order valence-corrected chi connectivity index (χ4v) is 3.69. The van der Waals surface area contributed by atoms with Gasteiger partial charge < -0.3 is 10.1 Å². The van der Waals surface area contributed by atoms with Gasteiger partial charge in [-0.05, 0) is 24.6 Å². The zero-order valence-electron chi connectivity index (χ0n) is 9.19. The Hall–Kier alpha value is 0.220. The first-order valence-corrected chi connectivity index (χ1v) is 8.44. The van der Waals surface area contributed by atoms with Crippen molar-refractivity contribution in [2.75, 3.05) is 30.5 Å². The van der Waals surface area contributed by atoms with Gasteiger partial charge in [-0.1, -0.05) is 0 Å². The van der Waals surface area contributed by atoms with Gasteiger partial charge >= 0.3 is 0 Å². The predicted molar refractivity (Wildman–Crippen MR) is 73.7 cm³/mol. The van der Waals surface area contributed by atoms with Gasteiger partial charge in [0.15, 0.2) is 9.84 Å². The topological polar surface area (TPSA) is 55.4 Å². The number of halogens is 2. The first kappa shape index (κ1) is 15.3. The Kier molecular flexibility index (Phi) is 6.26. The van der Waals surface area contributed by atoms with Crippen molar-refractivity contribution in [3.05, 3.63) is 0 Å². The second-order valence-electron chi connectivity index (χ2n) is 4.00. The lowest BCUT2D eigenvalue weighted by atomic mass is 10.1. The molecule has 0 aromatic heterocycles. The largest absolute Gasteiger partial charge is 0.469 e. The molecule has 100 valence electrons. The average molecular weight is 320 g/mol. The molecule has 2 atom stereocenters. The smallest absolute Gasteiger partial charge is 0.256 e. The molecule has 0 saturated carbocycles. The molecule has 17 heavy (non-hydrogen) atoms. The molecule has 0 unspecified atom stereocenters. The van der Waals surface area contributed by atoms with Crippen LogP contribution in [0, 0.1) is 5.92 Å². The molecule has 0 radical (unpaired) electrons. The van der Waals surface area contributed by atoms with Gasteiger partial charge in [0.25, 0.3) is 5.17 Å². The van der Waals surface area contributed by atoms with Crippen molar-refractivity contribution in [1.82, 2.24) is 5.32 Å². The van der Waals surface area contributed by atoms with Crippen LogP contribution >= 0.6 is 35.4 Å². The standard InChI is InChI=1S/C9H15Cl2NO3S2/c10-3-8(11)5-15-9(16)12-4-7-1-2-17(13,14)6-7/h7-8H,1-6H2,(H,12,16)/t7-,8-/m0/s1. The Morgan fingerprint density at radius 3 is 2.82 bits per heavy atom. The molecule has 0 amide bonds. The maximum Gasteiger partial charge on any atom is 0.256 e. The molecule has 0 spiro atoms. The van der Waals surface area contributed by atoms with Crippen molar-refractivity contribution in [1.29, 1.82) is 0 Å². The minimum Gasteiger partial charge on any atom is -0.469 e. The highest BCUT2D eigenvalue weighted by atomic mass is 35.5. The van der Waals surface area contributed by atoms with Crippen molar-refractivity contribution in [2.45, 2.75) is 11.8 Å². The van der Waals surface area contributed by atoms with Crippen molar-refractivity contribution < 1.29 is 13.2 Å². The van der Waals surface area contributed by atoms with E-state index in [1.807, 2.05) is 0 Å². The third kappa shape index (κ3) is 6.08. The van der Waals surface area contributed by atoms with E-state index in [4.69, 9.17) is 40.2 Å². The van der Waals surface area contributed by atoms with Crippen molar-refractivity contribution in [2.24, 2.45) is 5.92 Å². The summed E-state index contributed by atoms with van der Waals surface area (Å²) in [6, 6.07) is 0. The molecule has 1 aliphatic heterocycles. The highest BCUT2D eigenvalue weighted by Gasteiger charge is 2.27. The number of ether oxygens (including phenoxy) is 1. The van der Waals surface area contributed by atoms with E-state index in [0.29, 0.717) is 18.8 Å². The number of hydrogen-bond acceptors (Lipinski definition) is 4. The summed E-state index contributed by atoms with van der Waals surface area (Å²) < 4.78 is 27.6. The molecule has 1 rings (SSSR count). The number of sulfone groups is 1. The molecule has 1 heterocycles. The number of nitrogens with one attached hydrogen (secondary N) is 1. The Morgan fingerprint density at radius 1 is 1.59 bits per heavy atom. The summed E-state index contributed by atoms with van der Waals surface area (Å²) in [6.07, 6.45) is 0.678. The summed E-state index contributed by atoms with van der Waals surface area (Å²) in [5.74, 6) is 0.901. The highest BCUT2D eigenvalue weighted by Crippen LogP contribution is 2.17. The number of hydrogen-bond donors (Lipinski definition) is 1. The van der Waals surface area contributed by atoms with E-state index in [9.17, 15) is 8.42 Å². The zero-order chi connectivity index (χ0) is 12.9. The normalized spacial score (nSPS) is 24.2. The van der Waals surface area contributed by atoms with Crippen LogP contribution in [-0.2, 0) is 14.6 Å². The number of alkyl halides is 2. The van der Waals surface area contributed by atoms with Gasteiger partial charge in [-0.15, -0.1) is 23.2 Å². The number of thiocarbonyl (C=S) groups is 1. The molecule has 0 aliphatic carbocycles. The van der Waals surface area contributed by atoms with E-state index in [1.165, 1.54) is 0 Å². The lowest BCUT2D eigenvalue weighted by molar-refractivity contribution is 0.299. The van der Waals surface area contributed by atoms with E-state index in [1.54, 1.807) is 0 Å². The summed E-state index contributed by atoms with van der Waals surface area (Å²) in [6.45, 7) is 0.770. The van der Waals surface area contributed by atoms with E-state index < -0.39 is 9.84 Å². The van der Waals surface area contributed by atoms with Gasteiger partial charge in [-0.3, -0.25) is 0 Å². The summed E-state index contributed by atoms with van der Waals surface area (Å²) in [5, 5.41) is 2.85. The Bertz CT molecular complexity index is 361. The Morgan fingerprint density at radius 2 is 2.29 bits per heavy atom. The van der Waals surface area contributed by atoms with E-state index in [0.717, 1.165) is 0 Å². The number of rotatable bonds is 5. The Labute approximate surface area is 117 Å². The van der Waals surface area contributed by atoms with Crippen molar-refractivity contribution in [3.63, 3.8) is 0 Å². The lowest BCUT2D eigenvalue weighted by Gasteiger charge is -2.13. The van der Waals surface area contributed by atoms with E-state index in [2.05, 4.69) is 5.32 Å². The minimum atomic E-state index is -2.84. The maximum absolute atomic E-state index is 11.2. The zero-order valence-corrected chi connectivity index (χ0v) is 12.3. The second-order valence-corrected chi connectivity index (χ2v) is 7.53. The monoisotopic (exact) mass is 319 g/mol. The van der Waals surface area contributed by atoms with Crippen LogP contribution < -0.4 is 5.32 Å². The van der Waals surface area contributed by atoms with E-state index >= 15 is 0 Å². The fourth-order valence-electron chi connectivity index (χ4n) is 1.52. The molecular formula is C9H15Cl2NO3S2. The average Bonchev–Trinajstić information content (AvgIpc) is 2.63. The van der Waals surface area contributed by atoms with Crippen molar-refractivity contribution >= 4 is 50.4 Å². The highest BCUT2D eigenvalue weighted by molar-refractivity contribution is 7.91. The minimum absolute atomic E-state index is 0.112. The van der Waals surface area contributed by atoms with Crippen molar-refractivity contribution in [3.8, 4) is 0 Å². The molecule has 8 heteroatoms. The summed E-state index contributed by atoms with van der Waals surface area (Å²) >= 11 is 16.2. The SMILES string of the molecule is O=S1(=O)CC[C@@H](CNC(=S)OC[C@@H](Cl)CCl)C1. The molecule has 1 N–H and O–H groups in total.